The van der Waals surface area contributed by atoms with Crippen LogP contribution in [0, 0.1) is 0 Å². The molecule has 0 atom stereocenters. The molecule has 0 aliphatic rings. The molecule has 0 aliphatic carbocycles. The fourth-order valence-corrected chi connectivity index (χ4v) is 2.98. The molecule has 5 heteroatoms. The third-order valence-corrected chi connectivity index (χ3v) is 5.44. The molecule has 2 N–H and O–H groups in total. The topological polar surface area (TPSA) is 49.3 Å². The van der Waals surface area contributed by atoms with Gasteiger partial charge in [0.25, 0.3) is 0 Å². The SMILES string of the molecule is CCC(CC)(CNc1ccc(C(=O)O)c(Cl)c1)SC. The molecule has 1 aromatic carbocycles. The van der Waals surface area contributed by atoms with E-state index in [0.717, 1.165) is 25.1 Å². The predicted octanol–water partition coefficient (Wildman–Crippen LogP) is 4.37. The number of rotatable bonds is 7. The van der Waals surface area contributed by atoms with Crippen molar-refractivity contribution in [2.75, 3.05) is 18.1 Å². The van der Waals surface area contributed by atoms with E-state index >= 15 is 0 Å². The lowest BCUT2D eigenvalue weighted by Crippen LogP contribution is -2.31. The number of anilines is 1. The third kappa shape index (κ3) is 4.05. The molecule has 0 spiro atoms. The highest BCUT2D eigenvalue weighted by Gasteiger charge is 2.24. The molecule has 19 heavy (non-hydrogen) atoms. The van der Waals surface area contributed by atoms with Crippen LogP contribution in [0.25, 0.3) is 0 Å². The monoisotopic (exact) mass is 301 g/mol. The van der Waals surface area contributed by atoms with Crippen LogP contribution in [0.1, 0.15) is 37.0 Å². The molecule has 0 saturated heterocycles. The van der Waals surface area contributed by atoms with Crippen LogP contribution in [0.2, 0.25) is 5.02 Å². The van der Waals surface area contributed by atoms with Gasteiger partial charge in [-0.3, -0.25) is 0 Å². The van der Waals surface area contributed by atoms with Crippen LogP contribution in [0.4, 0.5) is 5.69 Å². The van der Waals surface area contributed by atoms with Crippen LogP contribution >= 0.6 is 23.4 Å². The molecule has 3 nitrogen and oxygen atoms in total. The Bertz CT molecular complexity index is 439. The van der Waals surface area contributed by atoms with Gasteiger partial charge in [0.15, 0.2) is 0 Å². The number of carboxylic acids is 1. The van der Waals surface area contributed by atoms with Crippen LogP contribution in [-0.2, 0) is 0 Å². The van der Waals surface area contributed by atoms with Crippen LogP contribution < -0.4 is 5.32 Å². The van der Waals surface area contributed by atoms with Gasteiger partial charge in [0.05, 0.1) is 10.6 Å². The van der Waals surface area contributed by atoms with Crippen molar-refractivity contribution in [2.45, 2.75) is 31.4 Å². The minimum absolute atomic E-state index is 0.134. The first-order valence-electron chi connectivity index (χ1n) is 6.30. The Balaban J connectivity index is 2.78. The van der Waals surface area contributed by atoms with E-state index in [1.54, 1.807) is 12.1 Å². The zero-order chi connectivity index (χ0) is 14.5. The zero-order valence-electron chi connectivity index (χ0n) is 11.5. The van der Waals surface area contributed by atoms with Crippen LogP contribution in [0.3, 0.4) is 0 Å². The average molecular weight is 302 g/mol. The first-order chi connectivity index (χ1) is 8.98. The molecule has 0 heterocycles. The number of carbonyl (C=O) groups is 1. The molecule has 0 aliphatic heterocycles. The summed E-state index contributed by atoms with van der Waals surface area (Å²) in [5.74, 6) is -1.00. The van der Waals surface area contributed by atoms with Crippen molar-refractivity contribution >= 4 is 35.0 Å². The lowest BCUT2D eigenvalue weighted by atomic mass is 10.0. The molecular weight excluding hydrogens is 282 g/mol. The second kappa shape index (κ2) is 7.06. The van der Waals surface area contributed by atoms with Crippen molar-refractivity contribution in [3.63, 3.8) is 0 Å². The van der Waals surface area contributed by atoms with Crippen molar-refractivity contribution in [1.82, 2.24) is 0 Å². The fraction of sp³-hybridized carbons (Fsp3) is 0.500. The maximum Gasteiger partial charge on any atom is 0.337 e. The first-order valence-corrected chi connectivity index (χ1v) is 7.90. The van der Waals surface area contributed by atoms with Gasteiger partial charge in [-0.25, -0.2) is 4.79 Å². The van der Waals surface area contributed by atoms with Gasteiger partial charge in [-0.05, 0) is 37.3 Å². The number of hydrogen-bond acceptors (Lipinski definition) is 3. The quantitative estimate of drug-likeness (QED) is 0.785. The summed E-state index contributed by atoms with van der Waals surface area (Å²) in [6.07, 6.45) is 4.28. The fourth-order valence-electron chi connectivity index (χ4n) is 1.92. The average Bonchev–Trinajstić information content (AvgIpc) is 2.40. The highest BCUT2D eigenvalue weighted by Crippen LogP contribution is 2.31. The van der Waals surface area contributed by atoms with Gasteiger partial charge in [0, 0.05) is 17.0 Å². The molecular formula is C14H20ClNO2S. The second-order valence-corrected chi connectivity index (χ2v) is 6.13. The number of hydrogen-bond donors (Lipinski definition) is 2. The standard InChI is InChI=1S/C14H20ClNO2S/c1-4-14(5-2,19-3)9-16-10-6-7-11(13(17)18)12(15)8-10/h6-8,16H,4-5,9H2,1-3H3,(H,17,18). The first kappa shape index (κ1) is 16.2. The largest absolute Gasteiger partial charge is 0.478 e. The van der Waals surface area contributed by atoms with Gasteiger partial charge < -0.3 is 10.4 Å². The number of carboxylic acid groups (broad SMARTS) is 1. The Kier molecular flexibility index (Phi) is 6.01. The normalized spacial score (nSPS) is 11.4. The van der Waals surface area contributed by atoms with Crippen LogP contribution in [0.5, 0.6) is 0 Å². The van der Waals surface area contributed by atoms with Gasteiger partial charge in [-0.2, -0.15) is 11.8 Å². The maximum absolute atomic E-state index is 10.9. The van der Waals surface area contributed by atoms with Gasteiger partial charge in [-0.15, -0.1) is 0 Å². The molecule has 0 saturated carbocycles. The summed E-state index contributed by atoms with van der Waals surface area (Å²) < 4.78 is 0.206. The molecule has 0 unspecified atom stereocenters. The Morgan fingerprint density at radius 2 is 2.05 bits per heavy atom. The van der Waals surface area contributed by atoms with Crippen molar-refractivity contribution in [1.29, 1.82) is 0 Å². The van der Waals surface area contributed by atoms with Gasteiger partial charge in [0.2, 0.25) is 0 Å². The second-order valence-electron chi connectivity index (χ2n) is 4.45. The minimum Gasteiger partial charge on any atom is -0.478 e. The lowest BCUT2D eigenvalue weighted by molar-refractivity contribution is 0.0697. The molecule has 1 rings (SSSR count). The Labute approximate surface area is 123 Å². The van der Waals surface area contributed by atoms with E-state index in [1.807, 2.05) is 11.8 Å². The van der Waals surface area contributed by atoms with Crippen LogP contribution in [-0.4, -0.2) is 28.6 Å². The van der Waals surface area contributed by atoms with E-state index in [9.17, 15) is 4.79 Å². The highest BCUT2D eigenvalue weighted by atomic mass is 35.5. The van der Waals surface area contributed by atoms with E-state index in [4.69, 9.17) is 16.7 Å². The molecule has 0 bridgehead atoms. The summed E-state index contributed by atoms with van der Waals surface area (Å²) in [7, 11) is 0. The Morgan fingerprint density at radius 1 is 1.42 bits per heavy atom. The zero-order valence-corrected chi connectivity index (χ0v) is 13.1. The Morgan fingerprint density at radius 3 is 2.47 bits per heavy atom. The molecule has 0 fully saturated rings. The third-order valence-electron chi connectivity index (χ3n) is 3.54. The van der Waals surface area contributed by atoms with Crippen molar-refractivity contribution < 1.29 is 9.90 Å². The number of nitrogens with one attached hydrogen (secondary N) is 1. The lowest BCUT2D eigenvalue weighted by Gasteiger charge is -2.30. The molecule has 0 amide bonds. The van der Waals surface area contributed by atoms with Gasteiger partial charge >= 0.3 is 5.97 Å². The van der Waals surface area contributed by atoms with E-state index in [-0.39, 0.29) is 15.3 Å². The summed E-state index contributed by atoms with van der Waals surface area (Å²) in [5.41, 5.74) is 0.990. The highest BCUT2D eigenvalue weighted by molar-refractivity contribution is 8.00. The predicted molar refractivity (Wildman–Crippen MR) is 83.7 cm³/mol. The van der Waals surface area contributed by atoms with Gasteiger partial charge in [0.1, 0.15) is 0 Å². The summed E-state index contributed by atoms with van der Waals surface area (Å²) in [4.78, 5) is 10.9. The molecule has 0 radical (unpaired) electrons. The number of aromatic carboxylic acids is 1. The smallest absolute Gasteiger partial charge is 0.337 e. The van der Waals surface area contributed by atoms with Crippen LogP contribution in [0.15, 0.2) is 18.2 Å². The maximum atomic E-state index is 10.9. The minimum atomic E-state index is -1.00. The number of benzene rings is 1. The molecule has 1 aromatic rings. The molecule has 0 aromatic heterocycles. The summed E-state index contributed by atoms with van der Waals surface area (Å²) in [6.45, 7) is 5.20. The summed E-state index contributed by atoms with van der Waals surface area (Å²) in [5, 5.41) is 12.5. The van der Waals surface area contributed by atoms with E-state index in [0.29, 0.717) is 0 Å². The van der Waals surface area contributed by atoms with E-state index in [1.165, 1.54) is 6.07 Å². The Hall–Kier alpha value is -0.870. The van der Waals surface area contributed by atoms with E-state index in [2.05, 4.69) is 25.4 Å². The number of halogens is 1. The van der Waals surface area contributed by atoms with Gasteiger partial charge in [-0.1, -0.05) is 25.4 Å². The van der Waals surface area contributed by atoms with E-state index < -0.39 is 5.97 Å². The molecule has 106 valence electrons. The van der Waals surface area contributed by atoms with Crippen molar-refractivity contribution in [3.8, 4) is 0 Å². The van der Waals surface area contributed by atoms with Crippen molar-refractivity contribution in [2.24, 2.45) is 0 Å². The summed E-state index contributed by atoms with van der Waals surface area (Å²) in [6, 6.07) is 4.96. The number of thioether (sulfide) groups is 1. The summed E-state index contributed by atoms with van der Waals surface area (Å²) >= 11 is 7.81. The van der Waals surface area contributed by atoms with Crippen molar-refractivity contribution in [3.05, 3.63) is 28.8 Å².